The van der Waals surface area contributed by atoms with Crippen LogP contribution in [0, 0.1) is 0 Å². The zero-order valence-corrected chi connectivity index (χ0v) is 10.6. The molecule has 1 aromatic rings. The van der Waals surface area contributed by atoms with Crippen LogP contribution >= 0.6 is 23.2 Å². The maximum atomic E-state index is 13.4. The second-order valence-electron chi connectivity index (χ2n) is 4.06. The predicted octanol–water partition coefficient (Wildman–Crippen LogP) is 1.67. The Balaban J connectivity index is 1.75. The first kappa shape index (κ1) is 12.3. The van der Waals surface area contributed by atoms with E-state index in [0.29, 0.717) is 0 Å². The highest BCUT2D eigenvalue weighted by Gasteiger charge is 2.49. The van der Waals surface area contributed by atoms with Crippen LogP contribution < -0.4 is 4.74 Å². The van der Waals surface area contributed by atoms with E-state index in [1.54, 1.807) is 0 Å². The maximum absolute atomic E-state index is 13.4. The van der Waals surface area contributed by atoms with Crippen LogP contribution in [-0.2, 0) is 9.47 Å². The normalized spacial score (nSPS) is 34.6. The molecule has 5 nitrogen and oxygen atoms in total. The van der Waals surface area contributed by atoms with Gasteiger partial charge in [-0.3, -0.25) is 0 Å². The van der Waals surface area contributed by atoms with Gasteiger partial charge in [0, 0.05) is 0 Å². The summed E-state index contributed by atoms with van der Waals surface area (Å²) in [5.41, 5.74) is 0. The molecular weight excluding hydrogens is 286 g/mol. The lowest BCUT2D eigenvalue weighted by Crippen LogP contribution is -2.34. The maximum Gasteiger partial charge on any atom is 0.237 e. The van der Waals surface area contributed by atoms with Crippen molar-refractivity contribution < 1.29 is 18.6 Å². The summed E-state index contributed by atoms with van der Waals surface area (Å²) in [4.78, 5) is 7.58. The van der Waals surface area contributed by atoms with Crippen LogP contribution in [0.4, 0.5) is 4.39 Å². The van der Waals surface area contributed by atoms with Gasteiger partial charge in [0.2, 0.25) is 11.2 Å². The predicted molar refractivity (Wildman–Crippen MR) is 60.8 cm³/mol. The van der Waals surface area contributed by atoms with Gasteiger partial charge in [-0.15, -0.1) is 0 Å². The molecule has 0 bridgehead atoms. The highest BCUT2D eigenvalue weighted by molar-refractivity contribution is 6.32. The minimum absolute atomic E-state index is 0.0213. The van der Waals surface area contributed by atoms with Crippen molar-refractivity contribution in [3.8, 4) is 5.88 Å². The Kier molecular flexibility index (Phi) is 3.27. The molecule has 2 saturated heterocycles. The Morgan fingerprint density at radius 2 is 2.06 bits per heavy atom. The number of rotatable bonds is 2. The fourth-order valence-corrected chi connectivity index (χ4v) is 2.34. The Hall–Kier alpha value is -0.690. The zero-order valence-electron chi connectivity index (χ0n) is 9.05. The first-order valence-corrected chi connectivity index (χ1v) is 6.12. The summed E-state index contributed by atoms with van der Waals surface area (Å²) < 4.78 is 29.5. The minimum Gasteiger partial charge on any atom is -0.468 e. The Labute approximate surface area is 112 Å². The molecule has 0 N–H and O–H groups in total. The van der Waals surface area contributed by atoms with Crippen molar-refractivity contribution in [1.29, 1.82) is 0 Å². The van der Waals surface area contributed by atoms with Gasteiger partial charge in [0.05, 0.1) is 19.4 Å². The fourth-order valence-electron chi connectivity index (χ4n) is 2.08. The first-order chi connectivity index (χ1) is 8.65. The number of fused-ring (bicyclic) bond motifs is 1. The molecule has 18 heavy (non-hydrogen) atoms. The lowest BCUT2D eigenvalue weighted by atomic mass is 10.1. The Morgan fingerprint density at radius 1 is 1.28 bits per heavy atom. The smallest absolute Gasteiger partial charge is 0.237 e. The van der Waals surface area contributed by atoms with Gasteiger partial charge >= 0.3 is 0 Å². The second-order valence-corrected chi connectivity index (χ2v) is 4.81. The molecule has 0 aliphatic carbocycles. The van der Waals surface area contributed by atoms with Crippen LogP contribution in [0.3, 0.4) is 0 Å². The molecule has 0 saturated carbocycles. The van der Waals surface area contributed by atoms with Crippen molar-refractivity contribution in [3.05, 3.63) is 16.5 Å². The quantitative estimate of drug-likeness (QED) is 0.777. The summed E-state index contributed by atoms with van der Waals surface area (Å²) in [6.45, 7) is 0.251. The van der Waals surface area contributed by atoms with E-state index in [4.69, 9.17) is 37.4 Å². The molecule has 1 aromatic heterocycles. The van der Waals surface area contributed by atoms with Crippen LogP contribution in [0.15, 0.2) is 6.20 Å². The number of hydrogen-bond donors (Lipinski definition) is 0. The molecule has 2 aliphatic heterocycles. The van der Waals surface area contributed by atoms with Gasteiger partial charge in [0.1, 0.15) is 17.2 Å². The average molecular weight is 295 g/mol. The lowest BCUT2D eigenvalue weighted by Gasteiger charge is -2.17. The topological polar surface area (TPSA) is 53.5 Å². The van der Waals surface area contributed by atoms with Gasteiger partial charge < -0.3 is 14.2 Å². The van der Waals surface area contributed by atoms with Crippen molar-refractivity contribution >= 4 is 23.2 Å². The molecule has 3 rings (SSSR count). The molecule has 3 heterocycles. The van der Waals surface area contributed by atoms with Gasteiger partial charge in [-0.25, -0.2) is 9.37 Å². The molecule has 2 fully saturated rings. The minimum atomic E-state index is -1.12. The van der Waals surface area contributed by atoms with Gasteiger partial charge in [-0.05, 0) is 11.6 Å². The highest BCUT2D eigenvalue weighted by Crippen LogP contribution is 2.32. The number of alkyl halides is 1. The largest absolute Gasteiger partial charge is 0.468 e. The summed E-state index contributed by atoms with van der Waals surface area (Å²) in [6, 6.07) is 0. The molecule has 0 amide bonds. The molecular formula is C10H9Cl2FN2O3. The van der Waals surface area contributed by atoms with E-state index in [0.717, 1.165) is 0 Å². The molecule has 8 heteroatoms. The van der Waals surface area contributed by atoms with Gasteiger partial charge in [-0.1, -0.05) is 11.6 Å². The van der Waals surface area contributed by atoms with E-state index in [9.17, 15) is 4.39 Å². The monoisotopic (exact) mass is 294 g/mol. The SMILES string of the molecule is F[C@H]1CO[C@H]2[C@@H]1OC[C@H]2Oc1nc(Cl)ncc1Cl. The van der Waals surface area contributed by atoms with E-state index >= 15 is 0 Å². The highest BCUT2D eigenvalue weighted by atomic mass is 35.5. The van der Waals surface area contributed by atoms with Crippen molar-refractivity contribution in [2.24, 2.45) is 0 Å². The zero-order chi connectivity index (χ0) is 12.7. The summed E-state index contributed by atoms with van der Waals surface area (Å²) in [7, 11) is 0. The van der Waals surface area contributed by atoms with Crippen LogP contribution in [0.25, 0.3) is 0 Å². The van der Waals surface area contributed by atoms with Crippen molar-refractivity contribution in [1.82, 2.24) is 9.97 Å². The molecule has 2 aliphatic rings. The second kappa shape index (κ2) is 4.77. The molecule has 0 aromatic carbocycles. The van der Waals surface area contributed by atoms with Gasteiger partial charge in [-0.2, -0.15) is 4.98 Å². The van der Waals surface area contributed by atoms with E-state index in [2.05, 4.69) is 9.97 Å². The first-order valence-electron chi connectivity index (χ1n) is 5.37. The Bertz CT molecular complexity index is 465. The van der Waals surface area contributed by atoms with Crippen LogP contribution in [0.5, 0.6) is 5.88 Å². The van der Waals surface area contributed by atoms with Crippen LogP contribution in [-0.4, -0.2) is 47.7 Å². The molecule has 98 valence electrons. The molecule has 0 radical (unpaired) electrons. The number of ether oxygens (including phenoxy) is 3. The van der Waals surface area contributed by atoms with E-state index in [1.165, 1.54) is 6.20 Å². The summed E-state index contributed by atoms with van der Waals surface area (Å²) >= 11 is 11.5. The number of aromatic nitrogens is 2. The van der Waals surface area contributed by atoms with E-state index in [-0.39, 0.29) is 29.4 Å². The van der Waals surface area contributed by atoms with E-state index in [1.807, 2.05) is 0 Å². The van der Waals surface area contributed by atoms with Crippen molar-refractivity contribution in [2.75, 3.05) is 13.2 Å². The molecule has 4 atom stereocenters. The fraction of sp³-hybridized carbons (Fsp3) is 0.600. The van der Waals surface area contributed by atoms with Crippen molar-refractivity contribution in [3.63, 3.8) is 0 Å². The van der Waals surface area contributed by atoms with Gasteiger partial charge in [0.25, 0.3) is 0 Å². The summed E-state index contributed by atoms with van der Waals surface area (Å²) in [5, 5.41) is 0.262. The number of hydrogen-bond acceptors (Lipinski definition) is 5. The van der Waals surface area contributed by atoms with Crippen molar-refractivity contribution in [2.45, 2.75) is 24.5 Å². The third kappa shape index (κ3) is 2.14. The number of nitrogens with zero attached hydrogens (tertiary/aromatic N) is 2. The lowest BCUT2D eigenvalue weighted by molar-refractivity contribution is 0.0261. The molecule has 0 spiro atoms. The third-order valence-corrected chi connectivity index (χ3v) is 3.33. The summed E-state index contributed by atoms with van der Waals surface area (Å²) in [5.74, 6) is 0.150. The number of halogens is 3. The summed E-state index contributed by atoms with van der Waals surface area (Å²) in [6.07, 6.45) is -1.24. The van der Waals surface area contributed by atoms with E-state index < -0.39 is 24.5 Å². The molecule has 0 unspecified atom stereocenters. The Morgan fingerprint density at radius 3 is 2.89 bits per heavy atom. The van der Waals surface area contributed by atoms with Gasteiger partial charge in [0.15, 0.2) is 12.3 Å². The standard InChI is InChI=1S/C10H9Cl2FN2O3/c11-4-1-14-10(12)15-9(4)18-6-3-17-7-5(13)2-16-8(6)7/h1,5-8H,2-3H2/t5-,6+,7+,8+/m0/s1. The third-order valence-electron chi connectivity index (χ3n) is 2.89. The van der Waals surface area contributed by atoms with Crippen LogP contribution in [0.1, 0.15) is 0 Å². The average Bonchev–Trinajstić information content (AvgIpc) is 2.89. The van der Waals surface area contributed by atoms with Crippen LogP contribution in [0.2, 0.25) is 10.3 Å².